The van der Waals surface area contributed by atoms with Crippen LogP contribution in [-0.2, 0) is 7.05 Å². The third-order valence-corrected chi connectivity index (χ3v) is 2.31. The molecule has 100 valence electrons. The first-order chi connectivity index (χ1) is 8.88. The molecule has 0 spiro atoms. The van der Waals surface area contributed by atoms with E-state index in [1.165, 1.54) is 10.9 Å². The van der Waals surface area contributed by atoms with Crippen molar-refractivity contribution in [1.82, 2.24) is 9.78 Å². The number of anilines is 2. The Bertz CT molecular complexity index is 630. The van der Waals surface area contributed by atoms with Crippen LogP contribution in [0.15, 0.2) is 18.3 Å². The third-order valence-electron chi connectivity index (χ3n) is 2.31. The van der Waals surface area contributed by atoms with E-state index >= 15 is 0 Å². The lowest BCUT2D eigenvalue weighted by atomic mass is 10.2. The highest BCUT2D eigenvalue weighted by Gasteiger charge is 2.16. The molecule has 0 aliphatic heterocycles. The summed E-state index contributed by atoms with van der Waals surface area (Å²) in [5.74, 6) is -5.15. The predicted molar refractivity (Wildman–Crippen MR) is 61.9 cm³/mol. The van der Waals surface area contributed by atoms with Crippen LogP contribution in [0.4, 0.5) is 24.5 Å². The summed E-state index contributed by atoms with van der Waals surface area (Å²) in [4.78, 5) is 11.8. The van der Waals surface area contributed by atoms with Gasteiger partial charge in [-0.3, -0.25) is 9.48 Å². The van der Waals surface area contributed by atoms with Gasteiger partial charge in [0.2, 0.25) is 0 Å². The quantitative estimate of drug-likeness (QED) is 0.815. The van der Waals surface area contributed by atoms with Gasteiger partial charge in [-0.1, -0.05) is 0 Å². The Morgan fingerprint density at radius 2 is 1.89 bits per heavy atom. The van der Waals surface area contributed by atoms with Gasteiger partial charge >= 0.3 is 0 Å². The van der Waals surface area contributed by atoms with Crippen LogP contribution in [0.1, 0.15) is 10.5 Å². The molecule has 0 unspecified atom stereocenters. The molecule has 0 radical (unpaired) electrons. The number of carbonyl (C=O) groups excluding carboxylic acids is 1. The van der Waals surface area contributed by atoms with Crippen LogP contribution >= 0.6 is 0 Å². The van der Waals surface area contributed by atoms with Crippen molar-refractivity contribution in [3.05, 3.63) is 41.5 Å². The van der Waals surface area contributed by atoms with Crippen molar-refractivity contribution in [1.29, 1.82) is 0 Å². The molecule has 0 fully saturated rings. The summed E-state index contributed by atoms with van der Waals surface area (Å²) in [6.45, 7) is 0. The molecular weight excluding hydrogens is 261 g/mol. The van der Waals surface area contributed by atoms with Gasteiger partial charge in [0.25, 0.3) is 5.91 Å². The summed E-state index contributed by atoms with van der Waals surface area (Å²) in [5.41, 5.74) is 5.32. The van der Waals surface area contributed by atoms with E-state index < -0.39 is 23.4 Å². The van der Waals surface area contributed by atoms with Crippen molar-refractivity contribution in [3.63, 3.8) is 0 Å². The van der Waals surface area contributed by atoms with Gasteiger partial charge < -0.3 is 11.1 Å². The van der Waals surface area contributed by atoms with Crippen molar-refractivity contribution in [2.75, 3.05) is 11.1 Å². The number of nitrogens with one attached hydrogen (secondary N) is 1. The second-order valence-corrected chi connectivity index (χ2v) is 3.81. The molecule has 0 saturated heterocycles. The van der Waals surface area contributed by atoms with E-state index in [0.717, 1.165) is 0 Å². The first-order valence-corrected chi connectivity index (χ1v) is 5.13. The Labute approximate surface area is 105 Å². The summed E-state index contributed by atoms with van der Waals surface area (Å²) < 4.78 is 40.0. The van der Waals surface area contributed by atoms with Crippen LogP contribution in [0, 0.1) is 17.5 Å². The molecule has 0 aliphatic rings. The van der Waals surface area contributed by atoms with E-state index in [4.69, 9.17) is 5.73 Å². The van der Waals surface area contributed by atoms with Gasteiger partial charge in [0.1, 0.15) is 0 Å². The van der Waals surface area contributed by atoms with Crippen LogP contribution in [-0.4, -0.2) is 15.7 Å². The predicted octanol–water partition coefficient (Wildman–Crippen LogP) is 1.67. The summed E-state index contributed by atoms with van der Waals surface area (Å²) in [6, 6.07) is 1.32. The second kappa shape index (κ2) is 4.63. The molecular formula is C11H9F3N4O. The fourth-order valence-electron chi connectivity index (χ4n) is 1.50. The van der Waals surface area contributed by atoms with Crippen LogP contribution < -0.4 is 11.1 Å². The topological polar surface area (TPSA) is 72.9 Å². The maximum absolute atomic E-state index is 13.0. The third kappa shape index (κ3) is 2.51. The molecule has 5 nitrogen and oxygen atoms in total. The molecule has 1 aromatic carbocycles. The number of carbonyl (C=O) groups is 1. The lowest BCUT2D eigenvalue weighted by Gasteiger charge is -2.05. The van der Waals surface area contributed by atoms with Crippen LogP contribution in [0.2, 0.25) is 0 Å². The summed E-state index contributed by atoms with van der Waals surface area (Å²) >= 11 is 0. The number of nitrogens with zero attached hydrogens (tertiary/aromatic N) is 2. The highest BCUT2D eigenvalue weighted by molar-refractivity contribution is 6.06. The second-order valence-electron chi connectivity index (χ2n) is 3.81. The fraction of sp³-hybridized carbons (Fsp3) is 0.0909. The minimum atomic E-state index is -1.60. The Morgan fingerprint density at radius 1 is 1.32 bits per heavy atom. The van der Waals surface area contributed by atoms with Crippen LogP contribution in [0.3, 0.4) is 0 Å². The maximum atomic E-state index is 13.0. The average Bonchev–Trinajstić information content (AvgIpc) is 2.65. The molecule has 0 atom stereocenters. The average molecular weight is 270 g/mol. The van der Waals surface area contributed by atoms with Crippen molar-refractivity contribution in [3.8, 4) is 0 Å². The van der Waals surface area contributed by atoms with Gasteiger partial charge in [-0.15, -0.1) is 0 Å². The number of hydrogen-bond donors (Lipinski definition) is 2. The number of hydrogen-bond acceptors (Lipinski definition) is 3. The van der Waals surface area contributed by atoms with Crippen molar-refractivity contribution in [2.24, 2.45) is 7.05 Å². The number of nitrogens with two attached hydrogens (primary N) is 1. The van der Waals surface area contributed by atoms with Gasteiger partial charge in [-0.2, -0.15) is 5.10 Å². The monoisotopic (exact) mass is 270 g/mol. The molecule has 8 heteroatoms. The summed E-state index contributed by atoms with van der Waals surface area (Å²) in [6.07, 6.45) is 1.40. The van der Waals surface area contributed by atoms with Gasteiger partial charge in [0.05, 0.1) is 5.69 Å². The van der Waals surface area contributed by atoms with Crippen molar-refractivity contribution in [2.45, 2.75) is 0 Å². The minimum Gasteiger partial charge on any atom is -0.396 e. The van der Waals surface area contributed by atoms with E-state index in [2.05, 4.69) is 10.4 Å². The molecule has 1 aromatic heterocycles. The molecule has 19 heavy (non-hydrogen) atoms. The zero-order valence-corrected chi connectivity index (χ0v) is 9.75. The summed E-state index contributed by atoms with van der Waals surface area (Å²) in [5, 5.41) is 5.97. The Morgan fingerprint density at radius 3 is 2.37 bits per heavy atom. The number of halogens is 3. The van der Waals surface area contributed by atoms with E-state index in [0.29, 0.717) is 12.1 Å². The van der Waals surface area contributed by atoms with E-state index in [-0.39, 0.29) is 17.1 Å². The Kier molecular flexibility index (Phi) is 3.16. The SMILES string of the molecule is Cn1cc(N)c(C(=O)Nc2cc(F)c(F)c(F)c2)n1. The highest BCUT2D eigenvalue weighted by atomic mass is 19.2. The van der Waals surface area contributed by atoms with E-state index in [9.17, 15) is 18.0 Å². The maximum Gasteiger partial charge on any atom is 0.278 e. The number of aromatic nitrogens is 2. The first kappa shape index (κ1) is 12.9. The fourth-order valence-corrected chi connectivity index (χ4v) is 1.50. The summed E-state index contributed by atoms with van der Waals surface area (Å²) in [7, 11) is 1.56. The van der Waals surface area contributed by atoms with Crippen molar-refractivity contribution < 1.29 is 18.0 Å². The number of aryl methyl sites for hydroxylation is 1. The lowest BCUT2D eigenvalue weighted by molar-refractivity contribution is 0.102. The smallest absolute Gasteiger partial charge is 0.278 e. The van der Waals surface area contributed by atoms with Crippen LogP contribution in [0.25, 0.3) is 0 Å². The minimum absolute atomic E-state index is 0.0901. The van der Waals surface area contributed by atoms with Crippen molar-refractivity contribution >= 4 is 17.3 Å². The highest BCUT2D eigenvalue weighted by Crippen LogP contribution is 2.18. The number of nitrogen functional groups attached to an aromatic ring is 1. The molecule has 2 rings (SSSR count). The largest absolute Gasteiger partial charge is 0.396 e. The Balaban J connectivity index is 2.27. The Hall–Kier alpha value is -2.51. The molecule has 2 aromatic rings. The molecule has 0 aliphatic carbocycles. The zero-order chi connectivity index (χ0) is 14.2. The standard InChI is InChI=1S/C11H9F3N4O/c1-18-4-8(15)10(17-18)11(19)16-5-2-6(12)9(14)7(13)3-5/h2-4H,15H2,1H3,(H,16,19). The number of amides is 1. The van der Waals surface area contributed by atoms with Crippen LogP contribution in [0.5, 0.6) is 0 Å². The van der Waals surface area contributed by atoms with Gasteiger partial charge in [-0.05, 0) is 0 Å². The van der Waals surface area contributed by atoms with E-state index in [1.807, 2.05) is 0 Å². The first-order valence-electron chi connectivity index (χ1n) is 5.13. The molecule has 0 bridgehead atoms. The zero-order valence-electron chi connectivity index (χ0n) is 9.75. The number of benzene rings is 1. The molecule has 0 saturated carbocycles. The normalized spacial score (nSPS) is 10.5. The molecule has 1 heterocycles. The number of rotatable bonds is 2. The van der Waals surface area contributed by atoms with Gasteiger partial charge in [-0.25, -0.2) is 13.2 Å². The molecule has 3 N–H and O–H groups in total. The van der Waals surface area contributed by atoms with E-state index in [1.54, 1.807) is 7.05 Å². The van der Waals surface area contributed by atoms with Gasteiger partial charge in [0.15, 0.2) is 23.1 Å². The lowest BCUT2D eigenvalue weighted by Crippen LogP contribution is -2.15. The van der Waals surface area contributed by atoms with Gasteiger partial charge in [0, 0.05) is 31.1 Å². The molecule has 1 amide bonds.